The van der Waals surface area contributed by atoms with Crippen molar-refractivity contribution in [2.75, 3.05) is 27.3 Å². The van der Waals surface area contributed by atoms with Crippen LogP contribution in [0.15, 0.2) is 18.2 Å². The van der Waals surface area contributed by atoms with Crippen molar-refractivity contribution in [1.29, 1.82) is 0 Å². The van der Waals surface area contributed by atoms with E-state index in [1.165, 1.54) is 12.8 Å². The largest absolute Gasteiger partial charge is 0.497 e. The van der Waals surface area contributed by atoms with Crippen LogP contribution in [0.5, 0.6) is 11.5 Å². The van der Waals surface area contributed by atoms with E-state index < -0.39 is 0 Å². The Morgan fingerprint density at radius 1 is 1.24 bits per heavy atom. The maximum atomic E-state index is 6.12. The van der Waals surface area contributed by atoms with E-state index in [0.717, 1.165) is 29.5 Å². The van der Waals surface area contributed by atoms with Gasteiger partial charge in [-0.1, -0.05) is 0 Å². The van der Waals surface area contributed by atoms with Crippen LogP contribution in [0.25, 0.3) is 0 Å². The van der Waals surface area contributed by atoms with Gasteiger partial charge in [-0.2, -0.15) is 0 Å². The fraction of sp³-hybridized carbons (Fsp3) is 0.647. The van der Waals surface area contributed by atoms with E-state index >= 15 is 0 Å². The maximum Gasteiger partial charge on any atom is 0.123 e. The SMILES string of the molecule is COc1ccc(OC)c(C(CN)N(CC2CC2)C(C)C)c1. The molecule has 4 nitrogen and oxygen atoms in total. The molecule has 1 unspecified atom stereocenters. The number of rotatable bonds is 8. The van der Waals surface area contributed by atoms with Crippen molar-refractivity contribution < 1.29 is 9.47 Å². The summed E-state index contributed by atoms with van der Waals surface area (Å²) >= 11 is 0. The van der Waals surface area contributed by atoms with Crippen LogP contribution in [-0.4, -0.2) is 38.3 Å². The van der Waals surface area contributed by atoms with Gasteiger partial charge in [-0.05, 0) is 50.8 Å². The van der Waals surface area contributed by atoms with Crippen molar-refractivity contribution in [3.05, 3.63) is 23.8 Å². The van der Waals surface area contributed by atoms with Crippen molar-refractivity contribution in [2.45, 2.75) is 38.8 Å². The molecule has 4 heteroatoms. The Morgan fingerprint density at radius 3 is 2.43 bits per heavy atom. The molecule has 1 aliphatic carbocycles. The van der Waals surface area contributed by atoms with E-state index in [2.05, 4.69) is 24.8 Å². The van der Waals surface area contributed by atoms with Crippen LogP contribution in [0.3, 0.4) is 0 Å². The Hall–Kier alpha value is -1.26. The molecule has 0 spiro atoms. The summed E-state index contributed by atoms with van der Waals surface area (Å²) in [5.74, 6) is 2.56. The summed E-state index contributed by atoms with van der Waals surface area (Å²) in [6, 6.07) is 6.56. The molecule has 1 aliphatic rings. The van der Waals surface area contributed by atoms with E-state index in [-0.39, 0.29) is 6.04 Å². The van der Waals surface area contributed by atoms with Crippen molar-refractivity contribution in [2.24, 2.45) is 11.7 Å². The van der Waals surface area contributed by atoms with E-state index in [1.807, 2.05) is 12.1 Å². The number of hydrogen-bond donors (Lipinski definition) is 1. The minimum atomic E-state index is 0.163. The number of hydrogen-bond acceptors (Lipinski definition) is 4. The highest BCUT2D eigenvalue weighted by molar-refractivity contribution is 5.42. The highest BCUT2D eigenvalue weighted by atomic mass is 16.5. The lowest BCUT2D eigenvalue weighted by Crippen LogP contribution is -2.40. The second kappa shape index (κ2) is 7.14. The van der Waals surface area contributed by atoms with Crippen molar-refractivity contribution in [3.8, 4) is 11.5 Å². The summed E-state index contributed by atoms with van der Waals surface area (Å²) in [4.78, 5) is 2.50. The minimum Gasteiger partial charge on any atom is -0.497 e. The molecule has 1 aromatic rings. The third-order valence-corrected chi connectivity index (χ3v) is 4.25. The summed E-state index contributed by atoms with van der Waals surface area (Å²) in [5.41, 5.74) is 7.24. The Balaban J connectivity index is 2.32. The third kappa shape index (κ3) is 3.89. The molecular formula is C17H28N2O2. The van der Waals surface area contributed by atoms with Crippen LogP contribution < -0.4 is 15.2 Å². The van der Waals surface area contributed by atoms with Crippen LogP contribution in [0.4, 0.5) is 0 Å². The van der Waals surface area contributed by atoms with Crippen molar-refractivity contribution in [3.63, 3.8) is 0 Å². The lowest BCUT2D eigenvalue weighted by molar-refractivity contribution is 0.147. The van der Waals surface area contributed by atoms with E-state index in [4.69, 9.17) is 15.2 Å². The maximum absolute atomic E-state index is 6.12. The lowest BCUT2D eigenvalue weighted by atomic mass is 10.0. The second-order valence-electron chi connectivity index (χ2n) is 6.09. The highest BCUT2D eigenvalue weighted by Crippen LogP contribution is 2.37. The first-order valence-corrected chi connectivity index (χ1v) is 7.78. The number of methoxy groups -OCH3 is 2. The van der Waals surface area contributed by atoms with Crippen LogP contribution in [0, 0.1) is 5.92 Å². The smallest absolute Gasteiger partial charge is 0.123 e. The zero-order valence-corrected chi connectivity index (χ0v) is 13.6. The highest BCUT2D eigenvalue weighted by Gasteiger charge is 2.31. The van der Waals surface area contributed by atoms with Gasteiger partial charge in [0.2, 0.25) is 0 Å². The van der Waals surface area contributed by atoms with Gasteiger partial charge in [-0.15, -0.1) is 0 Å². The molecule has 0 heterocycles. The molecule has 0 radical (unpaired) electrons. The van der Waals surface area contributed by atoms with Crippen LogP contribution >= 0.6 is 0 Å². The first-order valence-electron chi connectivity index (χ1n) is 7.78. The van der Waals surface area contributed by atoms with E-state index in [0.29, 0.717) is 12.6 Å². The monoisotopic (exact) mass is 292 g/mol. The normalized spacial score (nSPS) is 16.3. The Morgan fingerprint density at radius 2 is 1.95 bits per heavy atom. The molecule has 0 aliphatic heterocycles. The van der Waals surface area contributed by atoms with Gasteiger partial charge in [-0.25, -0.2) is 0 Å². The van der Waals surface area contributed by atoms with Gasteiger partial charge in [0.05, 0.1) is 20.3 Å². The van der Waals surface area contributed by atoms with Crippen molar-refractivity contribution in [1.82, 2.24) is 4.90 Å². The summed E-state index contributed by atoms with van der Waals surface area (Å²) in [7, 11) is 3.40. The molecule has 1 saturated carbocycles. The Kier molecular flexibility index (Phi) is 5.48. The van der Waals surface area contributed by atoms with Crippen LogP contribution in [-0.2, 0) is 0 Å². The zero-order chi connectivity index (χ0) is 15.4. The number of benzene rings is 1. The van der Waals surface area contributed by atoms with E-state index in [9.17, 15) is 0 Å². The molecule has 1 aromatic carbocycles. The van der Waals surface area contributed by atoms with Gasteiger partial charge in [0.15, 0.2) is 0 Å². The predicted molar refractivity (Wildman–Crippen MR) is 85.9 cm³/mol. The molecule has 118 valence electrons. The fourth-order valence-corrected chi connectivity index (χ4v) is 2.84. The number of nitrogens with zero attached hydrogens (tertiary/aromatic N) is 1. The topological polar surface area (TPSA) is 47.7 Å². The average molecular weight is 292 g/mol. The van der Waals surface area contributed by atoms with Crippen LogP contribution in [0.2, 0.25) is 0 Å². The number of ether oxygens (including phenoxy) is 2. The molecular weight excluding hydrogens is 264 g/mol. The minimum absolute atomic E-state index is 0.163. The van der Waals surface area contributed by atoms with Crippen molar-refractivity contribution >= 4 is 0 Å². The Bertz CT molecular complexity index is 458. The standard InChI is InChI=1S/C17H28N2O2/c1-12(2)19(11-13-5-6-13)16(10-18)15-9-14(20-3)7-8-17(15)21-4/h7-9,12-13,16H,5-6,10-11,18H2,1-4H3. The van der Waals surface area contributed by atoms with Gasteiger partial charge in [0.25, 0.3) is 0 Å². The predicted octanol–water partition coefficient (Wildman–Crippen LogP) is 2.82. The quantitative estimate of drug-likeness (QED) is 0.800. The summed E-state index contributed by atoms with van der Waals surface area (Å²) in [5, 5.41) is 0. The van der Waals surface area contributed by atoms with Gasteiger partial charge in [-0.3, -0.25) is 4.90 Å². The van der Waals surface area contributed by atoms with E-state index in [1.54, 1.807) is 14.2 Å². The summed E-state index contributed by atoms with van der Waals surface area (Å²) in [6.07, 6.45) is 2.69. The van der Waals surface area contributed by atoms with Gasteiger partial charge in [0.1, 0.15) is 11.5 Å². The molecule has 0 amide bonds. The molecule has 0 bridgehead atoms. The fourth-order valence-electron chi connectivity index (χ4n) is 2.84. The molecule has 1 atom stereocenters. The third-order valence-electron chi connectivity index (χ3n) is 4.25. The lowest BCUT2D eigenvalue weighted by Gasteiger charge is -2.35. The van der Waals surface area contributed by atoms with Crippen LogP contribution in [0.1, 0.15) is 38.3 Å². The zero-order valence-electron chi connectivity index (χ0n) is 13.6. The molecule has 21 heavy (non-hydrogen) atoms. The Labute approximate surface area is 128 Å². The van der Waals surface area contributed by atoms with Gasteiger partial charge >= 0.3 is 0 Å². The number of nitrogens with two attached hydrogens (primary N) is 1. The molecule has 0 aromatic heterocycles. The second-order valence-corrected chi connectivity index (χ2v) is 6.09. The first kappa shape index (κ1) is 16.1. The molecule has 2 rings (SSSR count). The first-order chi connectivity index (χ1) is 10.1. The summed E-state index contributed by atoms with van der Waals surface area (Å²) < 4.78 is 10.9. The van der Waals surface area contributed by atoms with Gasteiger partial charge in [0, 0.05) is 24.7 Å². The molecule has 0 saturated heterocycles. The summed E-state index contributed by atoms with van der Waals surface area (Å²) in [6.45, 7) is 6.16. The van der Waals surface area contributed by atoms with Gasteiger partial charge < -0.3 is 15.2 Å². The molecule has 2 N–H and O–H groups in total. The molecule has 1 fully saturated rings. The average Bonchev–Trinajstić information content (AvgIpc) is 3.30.